The van der Waals surface area contributed by atoms with Gasteiger partial charge in [0.05, 0.1) is 0 Å². The number of ether oxygens (including phenoxy) is 1. The zero-order valence-electron chi connectivity index (χ0n) is 11.1. The SMILES string of the molecule is CSCC1(F)CCN(C(=O)OC(C)(C)C)CC1. The van der Waals surface area contributed by atoms with Crippen molar-refractivity contribution in [2.45, 2.75) is 44.9 Å². The van der Waals surface area contributed by atoms with Gasteiger partial charge >= 0.3 is 6.09 Å². The Morgan fingerprint density at radius 3 is 2.35 bits per heavy atom. The first kappa shape index (κ1) is 14.6. The fraction of sp³-hybridized carbons (Fsp3) is 0.917. The highest BCUT2D eigenvalue weighted by Crippen LogP contribution is 2.30. The van der Waals surface area contributed by atoms with Gasteiger partial charge < -0.3 is 9.64 Å². The van der Waals surface area contributed by atoms with Crippen LogP contribution in [0.1, 0.15) is 33.6 Å². The molecule has 1 saturated heterocycles. The Morgan fingerprint density at radius 2 is 1.94 bits per heavy atom. The van der Waals surface area contributed by atoms with Crippen molar-refractivity contribution in [3.8, 4) is 0 Å². The molecule has 1 amide bonds. The smallest absolute Gasteiger partial charge is 0.410 e. The second-order valence-corrected chi connectivity index (χ2v) is 6.42. The topological polar surface area (TPSA) is 29.5 Å². The summed E-state index contributed by atoms with van der Waals surface area (Å²) in [7, 11) is 0. The van der Waals surface area contributed by atoms with Crippen LogP contribution in [0.3, 0.4) is 0 Å². The Morgan fingerprint density at radius 1 is 1.41 bits per heavy atom. The van der Waals surface area contributed by atoms with Crippen LogP contribution in [0.15, 0.2) is 0 Å². The third kappa shape index (κ3) is 4.74. The molecule has 0 atom stereocenters. The van der Waals surface area contributed by atoms with E-state index >= 15 is 0 Å². The number of amides is 1. The molecule has 100 valence electrons. The minimum atomic E-state index is -1.11. The number of piperidine rings is 1. The molecule has 1 aliphatic rings. The molecule has 3 nitrogen and oxygen atoms in total. The molecule has 0 spiro atoms. The average Bonchev–Trinajstić information content (AvgIpc) is 2.15. The van der Waals surface area contributed by atoms with Gasteiger partial charge in [0.1, 0.15) is 11.3 Å². The molecule has 1 aliphatic heterocycles. The molecular weight excluding hydrogens is 241 g/mol. The summed E-state index contributed by atoms with van der Waals surface area (Å²) in [5.74, 6) is 0.509. The number of carbonyl (C=O) groups is 1. The Balaban J connectivity index is 2.44. The van der Waals surface area contributed by atoms with E-state index in [1.807, 2.05) is 27.0 Å². The molecule has 0 bridgehead atoms. The second kappa shape index (κ2) is 5.46. The minimum Gasteiger partial charge on any atom is -0.444 e. The first-order valence-electron chi connectivity index (χ1n) is 5.92. The van der Waals surface area contributed by atoms with Crippen LogP contribution in [0.5, 0.6) is 0 Å². The zero-order valence-corrected chi connectivity index (χ0v) is 11.9. The molecule has 1 rings (SSSR count). The number of nitrogens with zero attached hydrogens (tertiary/aromatic N) is 1. The molecule has 0 aromatic carbocycles. The predicted molar refractivity (Wildman–Crippen MR) is 69.3 cm³/mol. The van der Waals surface area contributed by atoms with Crippen molar-refractivity contribution in [1.82, 2.24) is 4.90 Å². The number of rotatable bonds is 2. The fourth-order valence-electron chi connectivity index (χ4n) is 1.82. The highest BCUT2D eigenvalue weighted by molar-refractivity contribution is 7.98. The van der Waals surface area contributed by atoms with E-state index in [-0.39, 0.29) is 6.09 Å². The van der Waals surface area contributed by atoms with Crippen molar-refractivity contribution in [2.24, 2.45) is 0 Å². The van der Waals surface area contributed by atoms with Gasteiger partial charge in [-0.3, -0.25) is 0 Å². The van der Waals surface area contributed by atoms with E-state index in [4.69, 9.17) is 4.74 Å². The number of carbonyl (C=O) groups excluding carboxylic acids is 1. The molecule has 1 heterocycles. The molecule has 0 aromatic heterocycles. The first-order valence-corrected chi connectivity index (χ1v) is 7.31. The van der Waals surface area contributed by atoms with Gasteiger partial charge in [0.15, 0.2) is 0 Å². The summed E-state index contributed by atoms with van der Waals surface area (Å²) in [6, 6.07) is 0. The molecule has 0 radical (unpaired) electrons. The number of halogens is 1. The Kier molecular flexibility index (Phi) is 4.69. The lowest BCUT2D eigenvalue weighted by atomic mass is 9.96. The van der Waals surface area contributed by atoms with Crippen molar-refractivity contribution in [1.29, 1.82) is 0 Å². The van der Waals surface area contributed by atoms with E-state index < -0.39 is 11.3 Å². The van der Waals surface area contributed by atoms with Crippen LogP contribution in [0, 0.1) is 0 Å². The van der Waals surface area contributed by atoms with E-state index in [1.54, 1.807) is 4.90 Å². The summed E-state index contributed by atoms with van der Waals surface area (Å²) in [5.41, 5.74) is -1.60. The Bertz CT molecular complexity index is 270. The number of thioether (sulfide) groups is 1. The fourth-order valence-corrected chi connectivity index (χ4v) is 2.63. The van der Waals surface area contributed by atoms with Gasteiger partial charge in [0, 0.05) is 31.7 Å². The normalized spacial score (nSPS) is 20.2. The molecule has 0 aromatic rings. The molecule has 0 aliphatic carbocycles. The first-order chi connectivity index (χ1) is 7.76. The van der Waals surface area contributed by atoms with Crippen LogP contribution in [-0.2, 0) is 4.74 Å². The van der Waals surface area contributed by atoms with E-state index in [2.05, 4.69) is 0 Å². The van der Waals surface area contributed by atoms with Crippen LogP contribution >= 0.6 is 11.8 Å². The van der Waals surface area contributed by atoms with Crippen LogP contribution in [-0.4, -0.2) is 47.4 Å². The molecule has 0 unspecified atom stereocenters. The quantitative estimate of drug-likeness (QED) is 0.766. The van der Waals surface area contributed by atoms with Crippen LogP contribution in [0.25, 0.3) is 0 Å². The van der Waals surface area contributed by atoms with Crippen molar-refractivity contribution in [3.63, 3.8) is 0 Å². The summed E-state index contributed by atoms with van der Waals surface area (Å²) in [5, 5.41) is 0. The number of likely N-dealkylation sites (tertiary alicyclic amines) is 1. The average molecular weight is 263 g/mol. The van der Waals surface area contributed by atoms with E-state index in [0.717, 1.165) is 0 Å². The standard InChI is InChI=1S/C12H22FNO2S/c1-11(2,3)16-10(15)14-7-5-12(13,6-8-14)9-17-4/h5-9H2,1-4H3. The monoisotopic (exact) mass is 263 g/mol. The lowest BCUT2D eigenvalue weighted by molar-refractivity contribution is 0.00754. The molecule has 0 saturated carbocycles. The van der Waals surface area contributed by atoms with Crippen LogP contribution < -0.4 is 0 Å². The summed E-state index contributed by atoms with van der Waals surface area (Å²) in [4.78, 5) is 13.4. The van der Waals surface area contributed by atoms with Crippen LogP contribution in [0.2, 0.25) is 0 Å². The molecular formula is C12H22FNO2S. The predicted octanol–water partition coefficient (Wildman–Crippen LogP) is 3.09. The summed E-state index contributed by atoms with van der Waals surface area (Å²) in [6.07, 6.45) is 2.39. The third-order valence-corrected chi connectivity index (χ3v) is 3.52. The molecule has 17 heavy (non-hydrogen) atoms. The molecule has 5 heteroatoms. The third-order valence-electron chi connectivity index (χ3n) is 2.71. The van der Waals surface area contributed by atoms with E-state index in [0.29, 0.717) is 31.7 Å². The molecule has 0 N–H and O–H groups in total. The summed E-state index contributed by atoms with van der Waals surface area (Å²) in [6.45, 7) is 6.41. The second-order valence-electron chi connectivity index (χ2n) is 5.55. The highest BCUT2D eigenvalue weighted by atomic mass is 32.2. The molecule has 1 fully saturated rings. The minimum absolute atomic E-state index is 0.330. The van der Waals surface area contributed by atoms with Crippen molar-refractivity contribution >= 4 is 17.9 Å². The number of hydrogen-bond acceptors (Lipinski definition) is 3. The van der Waals surface area contributed by atoms with Gasteiger partial charge in [0.2, 0.25) is 0 Å². The summed E-state index contributed by atoms with van der Waals surface area (Å²) < 4.78 is 19.4. The zero-order chi connectivity index (χ0) is 13.1. The summed E-state index contributed by atoms with van der Waals surface area (Å²) >= 11 is 1.52. The van der Waals surface area contributed by atoms with E-state index in [9.17, 15) is 9.18 Å². The Hall–Kier alpha value is -0.450. The number of hydrogen-bond donors (Lipinski definition) is 0. The lowest BCUT2D eigenvalue weighted by Gasteiger charge is -2.36. The van der Waals surface area contributed by atoms with Crippen molar-refractivity contribution in [2.75, 3.05) is 25.1 Å². The van der Waals surface area contributed by atoms with Crippen LogP contribution in [0.4, 0.5) is 9.18 Å². The van der Waals surface area contributed by atoms with E-state index in [1.165, 1.54) is 11.8 Å². The largest absolute Gasteiger partial charge is 0.444 e. The highest BCUT2D eigenvalue weighted by Gasteiger charge is 2.36. The van der Waals surface area contributed by atoms with Gasteiger partial charge in [-0.1, -0.05) is 0 Å². The van der Waals surface area contributed by atoms with Gasteiger partial charge in [0.25, 0.3) is 0 Å². The maximum Gasteiger partial charge on any atom is 0.410 e. The van der Waals surface area contributed by atoms with Gasteiger partial charge in [-0.25, -0.2) is 9.18 Å². The maximum atomic E-state index is 14.1. The maximum absolute atomic E-state index is 14.1. The lowest BCUT2D eigenvalue weighted by Crippen LogP contribution is -2.47. The van der Waals surface area contributed by atoms with Crippen molar-refractivity contribution < 1.29 is 13.9 Å². The van der Waals surface area contributed by atoms with Gasteiger partial charge in [-0.05, 0) is 27.0 Å². The van der Waals surface area contributed by atoms with Gasteiger partial charge in [-0.15, -0.1) is 0 Å². The van der Waals surface area contributed by atoms with Crippen molar-refractivity contribution in [3.05, 3.63) is 0 Å². The van der Waals surface area contributed by atoms with Gasteiger partial charge in [-0.2, -0.15) is 11.8 Å². The Labute approximate surface area is 107 Å². The number of alkyl halides is 1.